The van der Waals surface area contributed by atoms with Crippen LogP contribution in [-0.4, -0.2) is 24.3 Å². The van der Waals surface area contributed by atoms with Gasteiger partial charge in [-0.05, 0) is 18.4 Å². The summed E-state index contributed by atoms with van der Waals surface area (Å²) in [6, 6.07) is 10.3. The van der Waals surface area contributed by atoms with Crippen LogP contribution in [0.1, 0.15) is 18.4 Å². The van der Waals surface area contributed by atoms with Crippen LogP contribution in [0.25, 0.3) is 0 Å². The lowest BCUT2D eigenvalue weighted by molar-refractivity contribution is -0.152. The molecular weight excluding hydrogens is 204 g/mol. The van der Waals surface area contributed by atoms with Crippen molar-refractivity contribution in [3.05, 3.63) is 35.9 Å². The Hall–Kier alpha value is -1.35. The number of carbonyl (C=O) groups is 1. The van der Waals surface area contributed by atoms with E-state index in [1.807, 2.05) is 18.2 Å². The summed E-state index contributed by atoms with van der Waals surface area (Å²) in [5, 5.41) is 0. The van der Waals surface area contributed by atoms with Crippen LogP contribution >= 0.6 is 0 Å². The second-order valence-electron chi connectivity index (χ2n) is 4.41. The predicted molar refractivity (Wildman–Crippen MR) is 57.9 cm³/mol. The normalized spacial score (nSPS) is 31.8. The molecule has 2 saturated heterocycles. The smallest absolute Gasteiger partial charge is 0.338 e. The van der Waals surface area contributed by atoms with E-state index in [4.69, 9.17) is 9.47 Å². The Kier molecular flexibility index (Phi) is 2.40. The van der Waals surface area contributed by atoms with Crippen molar-refractivity contribution in [1.82, 2.24) is 0 Å². The fourth-order valence-corrected chi connectivity index (χ4v) is 2.22. The number of hydrogen-bond acceptors (Lipinski definition) is 3. The van der Waals surface area contributed by atoms with E-state index < -0.39 is 0 Å². The van der Waals surface area contributed by atoms with Gasteiger partial charge in [-0.15, -0.1) is 0 Å². The Morgan fingerprint density at radius 2 is 2.06 bits per heavy atom. The van der Waals surface area contributed by atoms with Gasteiger partial charge in [0.15, 0.2) is 6.10 Å². The number of carbonyl (C=O) groups excluding carboxylic acids is 1. The molecule has 3 atom stereocenters. The van der Waals surface area contributed by atoms with E-state index in [1.54, 1.807) is 0 Å². The second-order valence-corrected chi connectivity index (χ2v) is 4.41. The largest absolute Gasteiger partial charge is 0.460 e. The number of cyclic esters (lactones) is 1. The van der Waals surface area contributed by atoms with Crippen molar-refractivity contribution >= 4 is 5.97 Å². The zero-order valence-corrected chi connectivity index (χ0v) is 8.96. The van der Waals surface area contributed by atoms with Gasteiger partial charge in [-0.1, -0.05) is 30.3 Å². The van der Waals surface area contributed by atoms with Crippen LogP contribution < -0.4 is 0 Å². The van der Waals surface area contributed by atoms with E-state index >= 15 is 0 Å². The van der Waals surface area contributed by atoms with E-state index in [9.17, 15) is 4.79 Å². The number of benzene rings is 1. The van der Waals surface area contributed by atoms with Gasteiger partial charge in [-0.3, -0.25) is 0 Å². The van der Waals surface area contributed by atoms with Crippen LogP contribution in [-0.2, 0) is 20.7 Å². The molecular formula is C13H14O3. The molecule has 0 N–H and O–H groups in total. The molecule has 0 saturated carbocycles. The average Bonchev–Trinajstić information content (AvgIpc) is 3.08. The third-order valence-corrected chi connectivity index (χ3v) is 3.19. The monoisotopic (exact) mass is 218 g/mol. The maximum atomic E-state index is 11.3. The first-order valence-electron chi connectivity index (χ1n) is 5.73. The molecule has 3 rings (SSSR count). The van der Waals surface area contributed by atoms with Gasteiger partial charge in [-0.25, -0.2) is 4.79 Å². The Bertz CT molecular complexity index is 387. The summed E-state index contributed by atoms with van der Waals surface area (Å²) in [4.78, 5) is 11.3. The molecule has 2 aliphatic heterocycles. The quantitative estimate of drug-likeness (QED) is 0.572. The molecule has 3 heteroatoms. The van der Waals surface area contributed by atoms with E-state index in [-0.39, 0.29) is 24.3 Å². The first-order valence-corrected chi connectivity index (χ1v) is 5.73. The number of rotatable bonds is 3. The van der Waals surface area contributed by atoms with Crippen molar-refractivity contribution in [3.8, 4) is 0 Å². The van der Waals surface area contributed by atoms with E-state index in [0.29, 0.717) is 0 Å². The SMILES string of the molecule is O=C1O[C@H](CCc2ccccc2)C[C@H]2O[C@@H]12. The lowest BCUT2D eigenvalue weighted by Gasteiger charge is -2.19. The van der Waals surface area contributed by atoms with Gasteiger partial charge in [0.1, 0.15) is 6.10 Å². The molecule has 0 aromatic heterocycles. The summed E-state index contributed by atoms with van der Waals surface area (Å²) < 4.78 is 10.5. The molecule has 1 aromatic rings. The van der Waals surface area contributed by atoms with Gasteiger partial charge in [0.2, 0.25) is 0 Å². The summed E-state index contributed by atoms with van der Waals surface area (Å²) in [5.41, 5.74) is 1.29. The van der Waals surface area contributed by atoms with Gasteiger partial charge in [0, 0.05) is 6.42 Å². The van der Waals surface area contributed by atoms with Crippen LogP contribution in [0, 0.1) is 0 Å². The highest BCUT2D eigenvalue weighted by Crippen LogP contribution is 2.34. The summed E-state index contributed by atoms with van der Waals surface area (Å²) in [6.07, 6.45) is 2.65. The minimum Gasteiger partial charge on any atom is -0.460 e. The van der Waals surface area contributed by atoms with Crippen molar-refractivity contribution < 1.29 is 14.3 Å². The minimum atomic E-state index is -0.243. The van der Waals surface area contributed by atoms with Crippen molar-refractivity contribution in [3.63, 3.8) is 0 Å². The Balaban J connectivity index is 1.54. The zero-order valence-electron chi connectivity index (χ0n) is 8.96. The summed E-state index contributed by atoms with van der Waals surface area (Å²) >= 11 is 0. The summed E-state index contributed by atoms with van der Waals surface area (Å²) in [5.74, 6) is -0.172. The molecule has 0 spiro atoms. The molecule has 0 amide bonds. The molecule has 0 aliphatic carbocycles. The third-order valence-electron chi connectivity index (χ3n) is 3.19. The van der Waals surface area contributed by atoms with Crippen LogP contribution in [0.4, 0.5) is 0 Å². The molecule has 2 fully saturated rings. The van der Waals surface area contributed by atoms with Crippen molar-refractivity contribution in [2.45, 2.75) is 37.6 Å². The van der Waals surface area contributed by atoms with E-state index in [0.717, 1.165) is 19.3 Å². The lowest BCUT2D eigenvalue weighted by Crippen LogP contribution is -2.30. The molecule has 0 bridgehead atoms. The maximum Gasteiger partial charge on any atom is 0.338 e. The second kappa shape index (κ2) is 3.91. The number of fused-ring (bicyclic) bond motifs is 1. The summed E-state index contributed by atoms with van der Waals surface area (Å²) in [6.45, 7) is 0. The molecule has 1 aromatic carbocycles. The number of epoxide rings is 1. The standard InChI is InChI=1S/C13H14O3/c14-13-12-11(16-12)8-10(15-13)7-6-9-4-2-1-3-5-9/h1-5,10-12H,6-8H2/t10-,11-,12-/m1/s1. The minimum absolute atomic E-state index is 0.0384. The highest BCUT2D eigenvalue weighted by atomic mass is 16.7. The average molecular weight is 218 g/mol. The van der Waals surface area contributed by atoms with Gasteiger partial charge in [-0.2, -0.15) is 0 Å². The maximum absolute atomic E-state index is 11.3. The van der Waals surface area contributed by atoms with Crippen LogP contribution in [0.2, 0.25) is 0 Å². The number of esters is 1. The van der Waals surface area contributed by atoms with Crippen molar-refractivity contribution in [2.75, 3.05) is 0 Å². The van der Waals surface area contributed by atoms with Crippen LogP contribution in [0.5, 0.6) is 0 Å². The highest BCUT2D eigenvalue weighted by molar-refractivity contribution is 5.79. The molecule has 0 unspecified atom stereocenters. The van der Waals surface area contributed by atoms with Gasteiger partial charge in [0.25, 0.3) is 0 Å². The first kappa shape index (κ1) is 9.85. The molecule has 2 heterocycles. The topological polar surface area (TPSA) is 38.8 Å². The lowest BCUT2D eigenvalue weighted by atomic mass is 10.0. The third kappa shape index (κ3) is 1.95. The zero-order chi connectivity index (χ0) is 11.0. The Morgan fingerprint density at radius 3 is 2.81 bits per heavy atom. The van der Waals surface area contributed by atoms with Crippen LogP contribution in [0.15, 0.2) is 30.3 Å². The highest BCUT2D eigenvalue weighted by Gasteiger charge is 2.51. The van der Waals surface area contributed by atoms with Gasteiger partial charge >= 0.3 is 5.97 Å². The fraction of sp³-hybridized carbons (Fsp3) is 0.462. The van der Waals surface area contributed by atoms with Crippen LogP contribution in [0.3, 0.4) is 0 Å². The molecule has 16 heavy (non-hydrogen) atoms. The van der Waals surface area contributed by atoms with E-state index in [2.05, 4.69) is 12.1 Å². The summed E-state index contributed by atoms with van der Waals surface area (Å²) in [7, 11) is 0. The van der Waals surface area contributed by atoms with Gasteiger partial charge < -0.3 is 9.47 Å². The van der Waals surface area contributed by atoms with Crippen molar-refractivity contribution in [2.24, 2.45) is 0 Å². The fourth-order valence-electron chi connectivity index (χ4n) is 2.22. The molecule has 84 valence electrons. The number of ether oxygens (including phenoxy) is 2. The predicted octanol–water partition coefficient (Wildman–Crippen LogP) is 1.70. The molecule has 3 nitrogen and oxygen atoms in total. The van der Waals surface area contributed by atoms with E-state index in [1.165, 1.54) is 5.56 Å². The Morgan fingerprint density at radius 1 is 1.25 bits per heavy atom. The van der Waals surface area contributed by atoms with Gasteiger partial charge in [0.05, 0.1) is 6.10 Å². The first-order chi connectivity index (χ1) is 7.83. The molecule has 2 aliphatic rings. The Labute approximate surface area is 94.4 Å². The van der Waals surface area contributed by atoms with Crippen molar-refractivity contribution in [1.29, 1.82) is 0 Å². The number of aryl methyl sites for hydroxylation is 1. The molecule has 0 radical (unpaired) electrons. The number of hydrogen-bond donors (Lipinski definition) is 0.